The molecular formula is C20H23N3O4S. The second kappa shape index (κ2) is 8.97. The molecule has 0 saturated heterocycles. The third kappa shape index (κ3) is 5.39. The normalized spacial score (nSPS) is 13.1. The highest BCUT2D eigenvalue weighted by Gasteiger charge is 2.24. The molecule has 1 fully saturated rings. The Morgan fingerprint density at radius 2 is 1.96 bits per heavy atom. The predicted octanol–water partition coefficient (Wildman–Crippen LogP) is 2.27. The number of aryl methyl sites for hydroxylation is 1. The first-order valence-electron chi connectivity index (χ1n) is 9.21. The van der Waals surface area contributed by atoms with E-state index < -0.39 is 18.5 Å². The summed E-state index contributed by atoms with van der Waals surface area (Å²) in [4.78, 5) is 41.5. The molecule has 1 N–H and O–H groups in total. The molecule has 3 rings (SSSR count). The maximum Gasteiger partial charge on any atom is 0.358 e. The molecule has 0 bridgehead atoms. The highest BCUT2D eigenvalue weighted by molar-refractivity contribution is 7.13. The molecule has 1 aromatic carbocycles. The highest BCUT2D eigenvalue weighted by Crippen LogP contribution is 2.24. The van der Waals surface area contributed by atoms with Gasteiger partial charge in [0.2, 0.25) is 5.91 Å². The fraction of sp³-hybridized carbons (Fsp3) is 0.400. The van der Waals surface area contributed by atoms with E-state index in [4.69, 9.17) is 4.74 Å². The fourth-order valence-corrected chi connectivity index (χ4v) is 3.29. The van der Waals surface area contributed by atoms with Gasteiger partial charge in [-0.25, -0.2) is 9.78 Å². The molecule has 1 saturated carbocycles. The Labute approximate surface area is 167 Å². The van der Waals surface area contributed by atoms with Gasteiger partial charge in [-0.05, 0) is 24.8 Å². The summed E-state index contributed by atoms with van der Waals surface area (Å²) in [6.07, 6.45) is 2.93. The Morgan fingerprint density at radius 3 is 2.61 bits per heavy atom. The van der Waals surface area contributed by atoms with Gasteiger partial charge in [0.05, 0.1) is 6.54 Å². The van der Waals surface area contributed by atoms with Crippen LogP contribution in [0.1, 0.15) is 35.8 Å². The summed E-state index contributed by atoms with van der Waals surface area (Å²) in [6.45, 7) is 1.61. The Bertz CT molecular complexity index is 859. The lowest BCUT2D eigenvalue weighted by Gasteiger charge is -2.16. The van der Waals surface area contributed by atoms with E-state index in [1.54, 1.807) is 5.38 Å². The van der Waals surface area contributed by atoms with Crippen LogP contribution in [0.2, 0.25) is 0 Å². The molecule has 8 heteroatoms. The van der Waals surface area contributed by atoms with Gasteiger partial charge in [0.1, 0.15) is 5.01 Å². The van der Waals surface area contributed by atoms with Gasteiger partial charge in [0, 0.05) is 24.0 Å². The topological polar surface area (TPSA) is 88.6 Å². The first-order chi connectivity index (χ1) is 13.5. The number of ether oxygens (including phenoxy) is 1. The molecule has 1 aliphatic carbocycles. The van der Waals surface area contributed by atoms with Crippen LogP contribution in [0.5, 0.6) is 0 Å². The van der Waals surface area contributed by atoms with Gasteiger partial charge in [-0.1, -0.05) is 31.2 Å². The first kappa shape index (κ1) is 20.0. The zero-order valence-electron chi connectivity index (χ0n) is 15.9. The van der Waals surface area contributed by atoms with Crippen LogP contribution in [0.4, 0.5) is 0 Å². The number of carbonyl (C=O) groups excluding carboxylic acids is 3. The summed E-state index contributed by atoms with van der Waals surface area (Å²) in [5.74, 6) is -1.30. The van der Waals surface area contributed by atoms with Crippen molar-refractivity contribution in [3.8, 4) is 10.6 Å². The van der Waals surface area contributed by atoms with Gasteiger partial charge in [-0.15, -0.1) is 11.3 Å². The molecular weight excluding hydrogens is 378 g/mol. The lowest BCUT2D eigenvalue weighted by atomic mass is 10.1. The summed E-state index contributed by atoms with van der Waals surface area (Å²) in [7, 11) is 1.50. The van der Waals surface area contributed by atoms with Crippen molar-refractivity contribution in [2.75, 3.05) is 20.2 Å². The molecule has 0 aliphatic heterocycles. The van der Waals surface area contributed by atoms with Crippen LogP contribution in [0.25, 0.3) is 10.6 Å². The quantitative estimate of drug-likeness (QED) is 0.686. The lowest BCUT2D eigenvalue weighted by molar-refractivity contribution is -0.137. The molecule has 7 nitrogen and oxygen atoms in total. The number of likely N-dealkylation sites (N-methyl/N-ethyl adjacent to an activating group) is 1. The van der Waals surface area contributed by atoms with E-state index in [1.165, 1.54) is 28.8 Å². The van der Waals surface area contributed by atoms with Crippen LogP contribution in [0.3, 0.4) is 0 Å². The zero-order chi connectivity index (χ0) is 20.1. The lowest BCUT2D eigenvalue weighted by Crippen LogP contribution is -2.40. The van der Waals surface area contributed by atoms with E-state index in [0.717, 1.165) is 29.8 Å². The third-order valence-corrected chi connectivity index (χ3v) is 5.29. The van der Waals surface area contributed by atoms with Crippen molar-refractivity contribution in [2.45, 2.75) is 32.2 Å². The summed E-state index contributed by atoms with van der Waals surface area (Å²) >= 11 is 1.34. The molecule has 0 radical (unpaired) electrons. The molecule has 2 amide bonds. The van der Waals surface area contributed by atoms with Crippen molar-refractivity contribution in [2.24, 2.45) is 0 Å². The Hall–Kier alpha value is -2.74. The monoisotopic (exact) mass is 401 g/mol. The van der Waals surface area contributed by atoms with Crippen LogP contribution in [0.15, 0.2) is 29.6 Å². The van der Waals surface area contributed by atoms with E-state index in [1.807, 2.05) is 24.3 Å². The van der Waals surface area contributed by atoms with E-state index in [2.05, 4.69) is 17.2 Å². The highest BCUT2D eigenvalue weighted by atomic mass is 32.1. The third-order valence-electron chi connectivity index (χ3n) is 4.40. The summed E-state index contributed by atoms with van der Waals surface area (Å²) in [6, 6.07) is 8.24. The Balaban J connectivity index is 1.49. The van der Waals surface area contributed by atoms with E-state index in [9.17, 15) is 14.4 Å². The van der Waals surface area contributed by atoms with Crippen molar-refractivity contribution in [3.05, 3.63) is 40.9 Å². The van der Waals surface area contributed by atoms with Crippen LogP contribution in [-0.4, -0.2) is 53.9 Å². The minimum Gasteiger partial charge on any atom is -0.451 e. The van der Waals surface area contributed by atoms with Crippen molar-refractivity contribution < 1.29 is 19.1 Å². The average molecular weight is 401 g/mol. The number of nitrogens with one attached hydrogen (secondary N) is 1. The molecule has 0 spiro atoms. The number of benzene rings is 1. The number of carbonyl (C=O) groups is 3. The fourth-order valence-electron chi connectivity index (χ4n) is 2.50. The van der Waals surface area contributed by atoms with Crippen LogP contribution in [0, 0.1) is 0 Å². The number of esters is 1. The number of aromatic nitrogens is 1. The molecule has 0 atom stereocenters. The van der Waals surface area contributed by atoms with Gasteiger partial charge in [-0.2, -0.15) is 0 Å². The molecule has 1 aromatic heterocycles. The van der Waals surface area contributed by atoms with Crippen LogP contribution < -0.4 is 5.32 Å². The van der Waals surface area contributed by atoms with Gasteiger partial charge in [0.15, 0.2) is 12.3 Å². The Morgan fingerprint density at radius 1 is 1.25 bits per heavy atom. The maximum absolute atomic E-state index is 12.2. The molecule has 1 heterocycles. The SMILES string of the molecule is CCc1ccc(-c2nc(C(=O)OCC(=O)N(C)CC(=O)NC3CC3)cs2)cc1. The van der Waals surface area contributed by atoms with Crippen molar-refractivity contribution in [3.63, 3.8) is 0 Å². The number of amides is 2. The molecule has 28 heavy (non-hydrogen) atoms. The summed E-state index contributed by atoms with van der Waals surface area (Å²) in [5.41, 5.74) is 2.33. The largest absolute Gasteiger partial charge is 0.451 e. The number of nitrogens with zero attached hydrogens (tertiary/aromatic N) is 2. The predicted molar refractivity (Wildman–Crippen MR) is 106 cm³/mol. The van der Waals surface area contributed by atoms with Crippen LogP contribution >= 0.6 is 11.3 Å². The van der Waals surface area contributed by atoms with Gasteiger partial charge in [-0.3, -0.25) is 9.59 Å². The second-order valence-electron chi connectivity index (χ2n) is 6.76. The second-order valence-corrected chi connectivity index (χ2v) is 7.61. The number of rotatable bonds is 8. The zero-order valence-corrected chi connectivity index (χ0v) is 16.8. The molecule has 1 aliphatic rings. The first-order valence-corrected chi connectivity index (χ1v) is 10.1. The Kier molecular flexibility index (Phi) is 6.41. The molecule has 0 unspecified atom stereocenters. The van der Waals surface area contributed by atoms with E-state index >= 15 is 0 Å². The number of hydrogen-bond acceptors (Lipinski definition) is 6. The van der Waals surface area contributed by atoms with Crippen LogP contribution in [-0.2, 0) is 20.7 Å². The van der Waals surface area contributed by atoms with Gasteiger partial charge in [0.25, 0.3) is 5.91 Å². The average Bonchev–Trinajstić information content (AvgIpc) is 3.36. The van der Waals surface area contributed by atoms with Gasteiger partial charge >= 0.3 is 5.97 Å². The maximum atomic E-state index is 12.2. The number of hydrogen-bond donors (Lipinski definition) is 1. The van der Waals surface area contributed by atoms with Crippen molar-refractivity contribution in [1.29, 1.82) is 0 Å². The standard InChI is InChI=1S/C20H23N3O4S/c1-3-13-4-6-14(7-5-13)19-22-16(12-28-19)20(26)27-11-18(25)23(2)10-17(24)21-15-8-9-15/h4-7,12,15H,3,8-11H2,1-2H3,(H,21,24). The summed E-state index contributed by atoms with van der Waals surface area (Å²) < 4.78 is 5.05. The minimum atomic E-state index is -0.656. The van der Waals surface area contributed by atoms with E-state index in [0.29, 0.717) is 0 Å². The summed E-state index contributed by atoms with van der Waals surface area (Å²) in [5, 5.41) is 5.14. The van der Waals surface area contributed by atoms with E-state index in [-0.39, 0.29) is 24.2 Å². The minimum absolute atomic E-state index is 0.0541. The van der Waals surface area contributed by atoms with Crippen molar-refractivity contribution >= 4 is 29.1 Å². The molecule has 2 aromatic rings. The van der Waals surface area contributed by atoms with Gasteiger partial charge < -0.3 is 15.0 Å². The number of thiazole rings is 1. The smallest absolute Gasteiger partial charge is 0.358 e. The molecule has 148 valence electrons. The van der Waals surface area contributed by atoms with Crippen molar-refractivity contribution in [1.82, 2.24) is 15.2 Å².